The third-order valence-corrected chi connectivity index (χ3v) is 6.37. The highest BCUT2D eigenvalue weighted by Gasteiger charge is 2.27. The molecule has 0 fully saturated rings. The first-order valence-corrected chi connectivity index (χ1v) is 9.84. The molecule has 1 unspecified atom stereocenters. The summed E-state index contributed by atoms with van der Waals surface area (Å²) in [6.07, 6.45) is 0. The second-order valence-electron chi connectivity index (χ2n) is 6.26. The fourth-order valence-electron chi connectivity index (χ4n) is 2.89. The van der Waals surface area contributed by atoms with E-state index in [1.165, 1.54) is 5.56 Å². The highest BCUT2D eigenvalue weighted by atomic mass is 31.1. The predicted molar refractivity (Wildman–Crippen MR) is 107 cm³/mol. The van der Waals surface area contributed by atoms with Gasteiger partial charge in [0.05, 0.1) is 20.3 Å². The maximum atomic E-state index is 13.4. The van der Waals surface area contributed by atoms with Crippen LogP contribution in [0.1, 0.15) is 32.6 Å². The summed E-state index contributed by atoms with van der Waals surface area (Å²) in [5.74, 6) is 0.756. The number of rotatable bonds is 8. The molecule has 140 valence electrons. The van der Waals surface area contributed by atoms with Gasteiger partial charge in [0.25, 0.3) is 0 Å². The summed E-state index contributed by atoms with van der Waals surface area (Å²) >= 11 is 0. The van der Waals surface area contributed by atoms with E-state index in [0.29, 0.717) is 13.2 Å². The number of benzene rings is 2. The first kappa shape index (κ1) is 20.6. The smallest absolute Gasteiger partial charge is 0.216 e. The van der Waals surface area contributed by atoms with Crippen LogP contribution in [0.4, 0.5) is 0 Å². The van der Waals surface area contributed by atoms with Crippen LogP contribution < -0.4 is 10.0 Å². The Kier molecular flexibility index (Phi) is 7.33. The van der Waals surface area contributed by atoms with Gasteiger partial charge >= 0.3 is 0 Å². The van der Waals surface area contributed by atoms with Gasteiger partial charge in [-0.1, -0.05) is 6.07 Å². The van der Waals surface area contributed by atoms with Crippen molar-refractivity contribution in [3.05, 3.63) is 58.1 Å². The quantitative estimate of drug-likeness (QED) is 0.506. The first-order chi connectivity index (χ1) is 12.4. The molecule has 2 aromatic rings. The number of methoxy groups -OCH3 is 2. The lowest BCUT2D eigenvalue weighted by Gasteiger charge is -2.21. The lowest BCUT2D eigenvalue weighted by atomic mass is 9.95. The molecule has 0 aliphatic rings. The molecule has 4 nitrogen and oxygen atoms in total. The summed E-state index contributed by atoms with van der Waals surface area (Å²) in [5.41, 5.74) is 5.19. The summed E-state index contributed by atoms with van der Waals surface area (Å²) in [7, 11) is 1.80. The monoisotopic (exact) mass is 374 g/mol. The summed E-state index contributed by atoms with van der Waals surface area (Å²) in [5, 5.41) is 0.874. The number of hydrogen-bond donors (Lipinski definition) is 0. The van der Waals surface area contributed by atoms with Crippen LogP contribution >= 0.6 is 8.15 Å². The molecule has 5 heteroatoms. The van der Waals surface area contributed by atoms with E-state index in [0.717, 1.165) is 33.3 Å². The minimum atomic E-state index is -1.45. The van der Waals surface area contributed by atoms with Crippen LogP contribution in [0.2, 0.25) is 0 Å². The predicted octanol–water partition coefficient (Wildman–Crippen LogP) is 4.45. The van der Waals surface area contributed by atoms with Gasteiger partial charge in [-0.25, -0.2) is 0 Å². The van der Waals surface area contributed by atoms with Crippen LogP contribution in [0.25, 0.3) is 0 Å². The van der Waals surface area contributed by atoms with Crippen LogP contribution in [-0.2, 0) is 9.26 Å². The Balaban J connectivity index is 2.44. The zero-order valence-corrected chi connectivity index (χ0v) is 17.3. The molecule has 0 amide bonds. The van der Waals surface area contributed by atoms with Crippen molar-refractivity contribution < 1.29 is 18.8 Å². The van der Waals surface area contributed by atoms with Gasteiger partial charge < -0.3 is 14.0 Å². The van der Waals surface area contributed by atoms with E-state index in [1.54, 1.807) is 14.2 Å². The molecule has 0 aromatic heterocycles. The fraction of sp³-hybridized carbons (Fsp3) is 0.381. The summed E-state index contributed by atoms with van der Waals surface area (Å²) in [6.45, 7) is 8.96. The Morgan fingerprint density at radius 2 is 1.58 bits per heavy atom. The Hall–Kier alpha value is -1.74. The first-order valence-electron chi connectivity index (χ1n) is 8.58. The van der Waals surface area contributed by atoms with Crippen molar-refractivity contribution in [1.82, 2.24) is 0 Å². The second kappa shape index (κ2) is 9.27. The van der Waals surface area contributed by atoms with Gasteiger partial charge in [0.2, 0.25) is 5.52 Å². The molecule has 0 saturated heterocycles. The normalized spacial score (nSPS) is 12.1. The molecule has 0 radical (unpaired) electrons. The van der Waals surface area contributed by atoms with Crippen LogP contribution in [0, 0.1) is 27.7 Å². The van der Waals surface area contributed by atoms with Gasteiger partial charge in [-0.3, -0.25) is 4.79 Å². The molecule has 2 aromatic carbocycles. The maximum absolute atomic E-state index is 13.4. The third kappa shape index (κ3) is 4.50. The lowest BCUT2D eigenvalue weighted by molar-refractivity contribution is 0.105. The minimum absolute atomic E-state index is 0.0411. The van der Waals surface area contributed by atoms with Crippen LogP contribution in [0.5, 0.6) is 5.75 Å². The van der Waals surface area contributed by atoms with Gasteiger partial charge in [-0.15, -0.1) is 0 Å². The van der Waals surface area contributed by atoms with E-state index in [9.17, 15) is 4.79 Å². The fourth-order valence-corrected chi connectivity index (χ4v) is 4.62. The summed E-state index contributed by atoms with van der Waals surface area (Å²) in [6, 6.07) is 9.60. The molecule has 0 saturated carbocycles. The van der Waals surface area contributed by atoms with Gasteiger partial charge in [-0.05, 0) is 74.2 Å². The molecule has 0 spiro atoms. The van der Waals surface area contributed by atoms with Crippen molar-refractivity contribution in [2.75, 3.05) is 27.4 Å². The SMILES string of the molecule is COCCOP(C(=O)c1c(C)cc(C)c(C)c1C)c1ccc(OC)cc1. The minimum Gasteiger partial charge on any atom is -0.497 e. The van der Waals surface area contributed by atoms with Crippen molar-refractivity contribution in [2.45, 2.75) is 27.7 Å². The zero-order valence-electron chi connectivity index (χ0n) is 16.4. The van der Waals surface area contributed by atoms with Crippen molar-refractivity contribution >= 4 is 19.0 Å². The van der Waals surface area contributed by atoms with E-state index >= 15 is 0 Å². The number of aryl methyl sites for hydroxylation is 2. The molecule has 0 N–H and O–H groups in total. The molecule has 0 heterocycles. The molecule has 1 atom stereocenters. The van der Waals surface area contributed by atoms with Gasteiger partial charge in [0.15, 0.2) is 0 Å². The molecule has 2 rings (SSSR count). The standard InChI is InChI=1S/C21H27O4P/c1-14-13-15(2)20(17(4)16(14)3)21(22)26(25-12-11-23-5)19-9-7-18(24-6)8-10-19/h7-10,13H,11-12H2,1-6H3. The average molecular weight is 374 g/mol. The number of ether oxygens (including phenoxy) is 2. The molecular weight excluding hydrogens is 347 g/mol. The molecule has 0 bridgehead atoms. The van der Waals surface area contributed by atoms with E-state index in [2.05, 4.69) is 19.9 Å². The Morgan fingerprint density at radius 3 is 2.15 bits per heavy atom. The average Bonchev–Trinajstić information content (AvgIpc) is 2.63. The largest absolute Gasteiger partial charge is 0.497 e. The van der Waals surface area contributed by atoms with Crippen molar-refractivity contribution in [3.63, 3.8) is 0 Å². The highest BCUT2D eigenvalue weighted by Crippen LogP contribution is 2.42. The van der Waals surface area contributed by atoms with E-state index in [4.69, 9.17) is 14.0 Å². The van der Waals surface area contributed by atoms with Gasteiger partial charge in [0.1, 0.15) is 13.9 Å². The highest BCUT2D eigenvalue weighted by molar-refractivity contribution is 7.78. The van der Waals surface area contributed by atoms with Crippen LogP contribution in [0.3, 0.4) is 0 Å². The topological polar surface area (TPSA) is 44.8 Å². The van der Waals surface area contributed by atoms with Crippen LogP contribution in [0.15, 0.2) is 30.3 Å². The molecule has 0 aliphatic carbocycles. The van der Waals surface area contributed by atoms with Crippen molar-refractivity contribution in [3.8, 4) is 5.75 Å². The number of hydrogen-bond acceptors (Lipinski definition) is 4. The Morgan fingerprint density at radius 1 is 0.923 bits per heavy atom. The number of carbonyl (C=O) groups excluding carboxylic acids is 1. The zero-order chi connectivity index (χ0) is 19.3. The third-order valence-electron chi connectivity index (χ3n) is 4.57. The van der Waals surface area contributed by atoms with Crippen molar-refractivity contribution in [1.29, 1.82) is 0 Å². The van der Waals surface area contributed by atoms with E-state index < -0.39 is 8.15 Å². The second-order valence-corrected chi connectivity index (χ2v) is 8.03. The van der Waals surface area contributed by atoms with E-state index in [1.807, 2.05) is 38.1 Å². The van der Waals surface area contributed by atoms with Gasteiger partial charge in [0, 0.05) is 18.0 Å². The maximum Gasteiger partial charge on any atom is 0.216 e. The lowest BCUT2D eigenvalue weighted by Crippen LogP contribution is -2.16. The molecular formula is C21H27O4P. The van der Waals surface area contributed by atoms with Gasteiger partial charge in [-0.2, -0.15) is 0 Å². The summed E-state index contributed by atoms with van der Waals surface area (Å²) < 4.78 is 16.3. The van der Waals surface area contributed by atoms with E-state index in [-0.39, 0.29) is 5.52 Å². The van der Waals surface area contributed by atoms with Crippen molar-refractivity contribution in [2.24, 2.45) is 0 Å². The molecule has 26 heavy (non-hydrogen) atoms. The Labute approximate surface area is 157 Å². The van der Waals surface area contributed by atoms with Crippen LogP contribution in [-0.4, -0.2) is 33.0 Å². The Bertz CT molecular complexity index is 769. The summed E-state index contributed by atoms with van der Waals surface area (Å²) in [4.78, 5) is 13.4. The number of carbonyl (C=O) groups is 1. The molecule has 0 aliphatic heterocycles.